The number of carboxylic acid groups (broad SMARTS) is 1. The fourth-order valence-corrected chi connectivity index (χ4v) is 2.05. The van der Waals surface area contributed by atoms with Gasteiger partial charge in [-0.15, -0.1) is 0 Å². The molecule has 0 spiro atoms. The Morgan fingerprint density at radius 1 is 0.895 bits per heavy atom. The van der Waals surface area contributed by atoms with E-state index in [-0.39, 0.29) is 5.69 Å². The zero-order valence-corrected chi connectivity index (χ0v) is 10.1. The smallest absolute Gasteiger partial charge is 0.354 e. The third-order valence-corrected chi connectivity index (χ3v) is 3.02. The van der Waals surface area contributed by atoms with E-state index >= 15 is 0 Å². The minimum Gasteiger partial charge on any atom is -0.477 e. The molecule has 0 unspecified atom stereocenters. The fourth-order valence-electron chi connectivity index (χ4n) is 2.05. The normalized spacial score (nSPS) is 10.5. The maximum Gasteiger partial charge on any atom is 0.354 e. The average Bonchev–Trinajstić information content (AvgIpc) is 2.47. The second-order valence-electron chi connectivity index (χ2n) is 4.28. The number of benzene rings is 2. The van der Waals surface area contributed by atoms with Gasteiger partial charge < -0.3 is 5.11 Å². The lowest BCUT2D eigenvalue weighted by molar-refractivity contribution is 0.0691. The summed E-state index contributed by atoms with van der Waals surface area (Å²) in [6.07, 6.45) is 0. The Labute approximate surface area is 110 Å². The van der Waals surface area contributed by atoms with Gasteiger partial charge in [0.15, 0.2) is 0 Å². The van der Waals surface area contributed by atoms with Gasteiger partial charge in [0, 0.05) is 5.39 Å². The van der Waals surface area contributed by atoms with Crippen molar-refractivity contribution in [3.05, 3.63) is 66.4 Å². The first kappa shape index (κ1) is 11.4. The van der Waals surface area contributed by atoms with Crippen molar-refractivity contribution in [2.75, 3.05) is 0 Å². The molecule has 0 aliphatic carbocycles. The molecule has 3 heteroatoms. The summed E-state index contributed by atoms with van der Waals surface area (Å²) in [6, 6.07) is 19.2. The third-order valence-electron chi connectivity index (χ3n) is 3.02. The lowest BCUT2D eigenvalue weighted by Gasteiger charge is -2.04. The van der Waals surface area contributed by atoms with Gasteiger partial charge in [-0.05, 0) is 29.3 Å². The number of hydrogen-bond donors (Lipinski definition) is 1. The predicted octanol–water partition coefficient (Wildman–Crippen LogP) is 3.60. The maximum atomic E-state index is 10.9. The Balaban J connectivity index is 2.12. The first-order valence-corrected chi connectivity index (χ1v) is 5.93. The van der Waals surface area contributed by atoms with E-state index in [9.17, 15) is 4.79 Å². The first-order chi connectivity index (χ1) is 9.24. The monoisotopic (exact) mass is 249 g/mol. The summed E-state index contributed by atoms with van der Waals surface area (Å²) in [5, 5.41) is 9.85. The summed E-state index contributed by atoms with van der Waals surface area (Å²) in [7, 11) is 0. The van der Waals surface area contributed by atoms with E-state index in [1.807, 2.05) is 48.5 Å². The van der Waals surface area contributed by atoms with E-state index in [0.29, 0.717) is 5.52 Å². The van der Waals surface area contributed by atoms with Crippen LogP contribution < -0.4 is 0 Å². The Bertz CT molecular complexity index is 751. The van der Waals surface area contributed by atoms with E-state index in [4.69, 9.17) is 5.11 Å². The second kappa shape index (κ2) is 4.53. The minimum atomic E-state index is -1.01. The molecule has 2 aromatic carbocycles. The number of pyridine rings is 1. The van der Waals surface area contributed by atoms with Crippen molar-refractivity contribution in [3.63, 3.8) is 0 Å². The molecule has 3 rings (SSSR count). The zero-order valence-electron chi connectivity index (χ0n) is 10.1. The molecule has 92 valence electrons. The number of fused-ring (bicyclic) bond motifs is 1. The van der Waals surface area contributed by atoms with Gasteiger partial charge in [-0.2, -0.15) is 0 Å². The van der Waals surface area contributed by atoms with Gasteiger partial charge in [0.25, 0.3) is 0 Å². The van der Waals surface area contributed by atoms with Crippen LogP contribution in [0.5, 0.6) is 0 Å². The van der Waals surface area contributed by atoms with Crippen molar-refractivity contribution in [2.24, 2.45) is 0 Å². The summed E-state index contributed by atoms with van der Waals surface area (Å²) in [6.45, 7) is 0. The van der Waals surface area contributed by atoms with Crippen molar-refractivity contribution in [1.82, 2.24) is 4.98 Å². The van der Waals surface area contributed by atoms with Crippen LogP contribution in [0.15, 0.2) is 60.7 Å². The standard InChI is InChI=1S/C16H11NO2/c18-16(19)15-9-7-13-10-12(6-8-14(13)17-15)11-4-2-1-3-5-11/h1-10H,(H,18,19). The zero-order chi connectivity index (χ0) is 13.2. The highest BCUT2D eigenvalue weighted by Crippen LogP contribution is 2.23. The molecule has 0 bridgehead atoms. The molecule has 0 saturated carbocycles. The van der Waals surface area contributed by atoms with E-state index in [1.54, 1.807) is 6.07 Å². The molecule has 0 fully saturated rings. The van der Waals surface area contributed by atoms with Gasteiger partial charge in [-0.3, -0.25) is 0 Å². The summed E-state index contributed by atoms with van der Waals surface area (Å²) < 4.78 is 0. The molecular weight excluding hydrogens is 238 g/mol. The molecule has 1 heterocycles. The molecule has 0 saturated heterocycles. The van der Waals surface area contributed by atoms with Gasteiger partial charge in [0.2, 0.25) is 0 Å². The Morgan fingerprint density at radius 2 is 1.68 bits per heavy atom. The van der Waals surface area contributed by atoms with Gasteiger partial charge >= 0.3 is 5.97 Å². The second-order valence-corrected chi connectivity index (χ2v) is 4.28. The number of hydrogen-bond acceptors (Lipinski definition) is 2. The highest BCUT2D eigenvalue weighted by atomic mass is 16.4. The van der Waals surface area contributed by atoms with Gasteiger partial charge in [0.1, 0.15) is 5.69 Å². The van der Waals surface area contributed by atoms with Crippen molar-refractivity contribution >= 4 is 16.9 Å². The van der Waals surface area contributed by atoms with E-state index in [2.05, 4.69) is 4.98 Å². The molecule has 0 radical (unpaired) electrons. The van der Waals surface area contributed by atoms with Crippen LogP contribution in [0.2, 0.25) is 0 Å². The fraction of sp³-hybridized carbons (Fsp3) is 0. The van der Waals surface area contributed by atoms with Crippen molar-refractivity contribution in [2.45, 2.75) is 0 Å². The van der Waals surface area contributed by atoms with Crippen molar-refractivity contribution in [1.29, 1.82) is 0 Å². The molecule has 3 aromatic rings. The van der Waals surface area contributed by atoms with Crippen LogP contribution in [0.25, 0.3) is 22.0 Å². The van der Waals surface area contributed by atoms with Crippen LogP contribution in [-0.4, -0.2) is 16.1 Å². The van der Waals surface area contributed by atoms with Crippen LogP contribution in [0.1, 0.15) is 10.5 Å². The van der Waals surface area contributed by atoms with E-state index in [1.165, 1.54) is 6.07 Å². The van der Waals surface area contributed by atoms with Crippen molar-refractivity contribution in [3.8, 4) is 11.1 Å². The maximum absolute atomic E-state index is 10.9. The SMILES string of the molecule is O=C(O)c1ccc2cc(-c3ccccc3)ccc2n1. The number of aromatic carboxylic acids is 1. The highest BCUT2D eigenvalue weighted by molar-refractivity contribution is 5.91. The molecule has 0 atom stereocenters. The number of aromatic nitrogens is 1. The molecular formula is C16H11NO2. The Kier molecular flexibility index (Phi) is 2.72. The quantitative estimate of drug-likeness (QED) is 0.754. The summed E-state index contributed by atoms with van der Waals surface area (Å²) in [4.78, 5) is 15.0. The number of carbonyl (C=O) groups is 1. The van der Waals surface area contributed by atoms with Gasteiger partial charge in [-0.25, -0.2) is 9.78 Å². The average molecular weight is 249 g/mol. The van der Waals surface area contributed by atoms with Crippen LogP contribution in [0, 0.1) is 0 Å². The number of nitrogens with zero attached hydrogens (tertiary/aromatic N) is 1. The molecule has 1 aromatic heterocycles. The minimum absolute atomic E-state index is 0.0694. The Hall–Kier alpha value is -2.68. The van der Waals surface area contributed by atoms with Crippen LogP contribution in [-0.2, 0) is 0 Å². The topological polar surface area (TPSA) is 50.2 Å². The van der Waals surface area contributed by atoms with E-state index in [0.717, 1.165) is 16.5 Å². The molecule has 0 aliphatic heterocycles. The molecule has 3 nitrogen and oxygen atoms in total. The molecule has 0 amide bonds. The predicted molar refractivity (Wildman–Crippen MR) is 74.1 cm³/mol. The molecule has 19 heavy (non-hydrogen) atoms. The van der Waals surface area contributed by atoms with Crippen LogP contribution in [0.3, 0.4) is 0 Å². The summed E-state index contributed by atoms with van der Waals surface area (Å²) >= 11 is 0. The van der Waals surface area contributed by atoms with Gasteiger partial charge in [-0.1, -0.05) is 42.5 Å². The molecule has 0 aliphatic rings. The summed E-state index contributed by atoms with van der Waals surface area (Å²) in [5.41, 5.74) is 2.99. The van der Waals surface area contributed by atoms with Crippen LogP contribution in [0.4, 0.5) is 0 Å². The highest BCUT2D eigenvalue weighted by Gasteiger charge is 2.06. The largest absolute Gasteiger partial charge is 0.477 e. The third kappa shape index (κ3) is 2.18. The van der Waals surface area contributed by atoms with Crippen molar-refractivity contribution < 1.29 is 9.90 Å². The van der Waals surface area contributed by atoms with Gasteiger partial charge in [0.05, 0.1) is 5.52 Å². The van der Waals surface area contributed by atoms with Crippen LogP contribution >= 0.6 is 0 Å². The molecule has 1 N–H and O–H groups in total. The van der Waals surface area contributed by atoms with E-state index < -0.39 is 5.97 Å². The number of rotatable bonds is 2. The lowest BCUT2D eigenvalue weighted by Crippen LogP contribution is -1.99. The number of carboxylic acids is 1. The first-order valence-electron chi connectivity index (χ1n) is 5.93. The Morgan fingerprint density at radius 3 is 2.42 bits per heavy atom. The summed E-state index contributed by atoms with van der Waals surface area (Å²) in [5.74, 6) is -1.01. The lowest BCUT2D eigenvalue weighted by atomic mass is 10.0.